The van der Waals surface area contributed by atoms with Crippen molar-refractivity contribution in [1.29, 1.82) is 0 Å². The van der Waals surface area contributed by atoms with Crippen LogP contribution in [0.2, 0.25) is 0 Å². The maximum absolute atomic E-state index is 12.0. The lowest BCUT2D eigenvalue weighted by Gasteiger charge is -2.33. The second-order valence-electron chi connectivity index (χ2n) is 3.97. The van der Waals surface area contributed by atoms with Crippen LogP contribution in [0.5, 0.6) is 0 Å². The van der Waals surface area contributed by atoms with Crippen LogP contribution < -0.4 is 0 Å². The molecule has 1 heterocycles. The SMILES string of the molecule is CC(O)C1CCN(CC(F)(F)F)CC1. The number of rotatable bonds is 2. The lowest BCUT2D eigenvalue weighted by molar-refractivity contribution is -0.149. The van der Waals surface area contributed by atoms with Crippen LogP contribution in [0.15, 0.2) is 0 Å². The normalized spacial score (nSPS) is 23.8. The van der Waals surface area contributed by atoms with Gasteiger partial charge in [-0.3, -0.25) is 4.90 Å². The fraction of sp³-hybridized carbons (Fsp3) is 1.00. The first-order valence-corrected chi connectivity index (χ1v) is 4.85. The van der Waals surface area contributed by atoms with Gasteiger partial charge in [0.25, 0.3) is 0 Å². The minimum absolute atomic E-state index is 0.166. The van der Waals surface area contributed by atoms with Crippen molar-refractivity contribution in [3.8, 4) is 0 Å². The number of piperidine rings is 1. The smallest absolute Gasteiger partial charge is 0.393 e. The Morgan fingerprint density at radius 1 is 1.36 bits per heavy atom. The predicted molar refractivity (Wildman–Crippen MR) is 46.9 cm³/mol. The molecule has 84 valence electrons. The Hall–Kier alpha value is -0.290. The number of alkyl halides is 3. The molecule has 0 radical (unpaired) electrons. The highest BCUT2D eigenvalue weighted by Crippen LogP contribution is 2.24. The zero-order chi connectivity index (χ0) is 10.8. The average Bonchev–Trinajstić information content (AvgIpc) is 2.02. The second kappa shape index (κ2) is 4.49. The van der Waals surface area contributed by atoms with Crippen LogP contribution in [-0.2, 0) is 0 Å². The van der Waals surface area contributed by atoms with Crippen LogP contribution >= 0.6 is 0 Å². The van der Waals surface area contributed by atoms with Gasteiger partial charge in [0.1, 0.15) is 0 Å². The van der Waals surface area contributed by atoms with E-state index in [1.807, 2.05) is 0 Å². The van der Waals surface area contributed by atoms with E-state index >= 15 is 0 Å². The first-order chi connectivity index (χ1) is 6.38. The molecule has 1 rings (SSSR count). The number of hydrogen-bond acceptors (Lipinski definition) is 2. The van der Waals surface area contributed by atoms with Gasteiger partial charge in [0.15, 0.2) is 0 Å². The molecule has 0 bridgehead atoms. The highest BCUT2D eigenvalue weighted by atomic mass is 19.4. The molecule has 0 aromatic rings. The van der Waals surface area contributed by atoms with E-state index in [1.54, 1.807) is 6.92 Å². The molecule has 1 aliphatic heterocycles. The highest BCUT2D eigenvalue weighted by Gasteiger charge is 2.33. The van der Waals surface area contributed by atoms with Crippen LogP contribution in [0.1, 0.15) is 19.8 Å². The molecule has 1 atom stereocenters. The highest BCUT2D eigenvalue weighted by molar-refractivity contribution is 4.76. The van der Waals surface area contributed by atoms with Gasteiger partial charge in [-0.2, -0.15) is 13.2 Å². The molecular formula is C9H16F3NO. The van der Waals surface area contributed by atoms with Gasteiger partial charge in [0.05, 0.1) is 12.6 Å². The monoisotopic (exact) mass is 211 g/mol. The third-order valence-electron chi connectivity index (χ3n) is 2.72. The van der Waals surface area contributed by atoms with Crippen LogP contribution in [0, 0.1) is 5.92 Å². The van der Waals surface area contributed by atoms with Gasteiger partial charge in [-0.15, -0.1) is 0 Å². The summed E-state index contributed by atoms with van der Waals surface area (Å²) < 4.78 is 36.0. The summed E-state index contributed by atoms with van der Waals surface area (Å²) in [6.45, 7) is 1.76. The third-order valence-corrected chi connectivity index (χ3v) is 2.72. The number of nitrogens with zero attached hydrogens (tertiary/aromatic N) is 1. The van der Waals surface area contributed by atoms with Crippen molar-refractivity contribution in [1.82, 2.24) is 4.90 Å². The quantitative estimate of drug-likeness (QED) is 0.750. The molecule has 5 heteroatoms. The van der Waals surface area contributed by atoms with Gasteiger partial charge in [0.2, 0.25) is 0 Å². The van der Waals surface area contributed by atoms with Crippen LogP contribution in [-0.4, -0.2) is 41.9 Å². The number of aliphatic hydroxyl groups is 1. The van der Waals surface area contributed by atoms with E-state index in [0.717, 1.165) is 0 Å². The molecule has 1 fully saturated rings. The van der Waals surface area contributed by atoms with E-state index in [-0.39, 0.29) is 5.92 Å². The van der Waals surface area contributed by atoms with E-state index in [1.165, 1.54) is 4.90 Å². The van der Waals surface area contributed by atoms with E-state index in [9.17, 15) is 18.3 Å². The maximum atomic E-state index is 12.0. The molecule has 2 nitrogen and oxygen atoms in total. The van der Waals surface area contributed by atoms with Gasteiger partial charge < -0.3 is 5.11 Å². The van der Waals surface area contributed by atoms with E-state index in [4.69, 9.17) is 0 Å². The van der Waals surface area contributed by atoms with Gasteiger partial charge in [-0.25, -0.2) is 0 Å². The summed E-state index contributed by atoms with van der Waals surface area (Å²) in [4.78, 5) is 1.40. The number of likely N-dealkylation sites (tertiary alicyclic amines) is 1. The molecule has 1 N–H and O–H groups in total. The molecular weight excluding hydrogens is 195 g/mol. The second-order valence-corrected chi connectivity index (χ2v) is 3.97. The molecule has 0 aromatic carbocycles. The number of aliphatic hydroxyl groups excluding tert-OH is 1. The molecule has 1 saturated heterocycles. The largest absolute Gasteiger partial charge is 0.401 e. The Morgan fingerprint density at radius 3 is 2.21 bits per heavy atom. The first kappa shape index (κ1) is 11.8. The molecule has 0 saturated carbocycles. The summed E-state index contributed by atoms with van der Waals surface area (Å²) in [6.07, 6.45) is -3.18. The van der Waals surface area contributed by atoms with Gasteiger partial charge >= 0.3 is 6.18 Å². The van der Waals surface area contributed by atoms with Crippen molar-refractivity contribution < 1.29 is 18.3 Å². The van der Waals surface area contributed by atoms with Crippen LogP contribution in [0.25, 0.3) is 0 Å². The third kappa shape index (κ3) is 3.84. The summed E-state index contributed by atoms with van der Waals surface area (Å²) in [6, 6.07) is 0. The maximum Gasteiger partial charge on any atom is 0.401 e. The Kier molecular flexibility index (Phi) is 3.78. The van der Waals surface area contributed by atoms with Crippen molar-refractivity contribution in [2.45, 2.75) is 32.0 Å². The molecule has 14 heavy (non-hydrogen) atoms. The summed E-state index contributed by atoms with van der Waals surface area (Å²) in [5, 5.41) is 9.26. The molecule has 0 aromatic heterocycles. The zero-order valence-corrected chi connectivity index (χ0v) is 8.22. The van der Waals surface area contributed by atoms with E-state index in [2.05, 4.69) is 0 Å². The number of hydrogen-bond donors (Lipinski definition) is 1. The van der Waals surface area contributed by atoms with Gasteiger partial charge in [-0.1, -0.05) is 0 Å². The topological polar surface area (TPSA) is 23.5 Å². The minimum Gasteiger partial charge on any atom is -0.393 e. The van der Waals surface area contributed by atoms with Crippen LogP contribution in [0.3, 0.4) is 0 Å². The van der Waals surface area contributed by atoms with Crippen molar-refractivity contribution >= 4 is 0 Å². The minimum atomic E-state index is -4.10. The van der Waals surface area contributed by atoms with Crippen LogP contribution in [0.4, 0.5) is 13.2 Å². The molecule has 1 aliphatic rings. The van der Waals surface area contributed by atoms with Gasteiger partial charge in [0, 0.05) is 0 Å². The zero-order valence-electron chi connectivity index (χ0n) is 8.22. The van der Waals surface area contributed by atoms with E-state index in [0.29, 0.717) is 25.9 Å². The predicted octanol–water partition coefficient (Wildman–Crippen LogP) is 1.64. The fourth-order valence-electron chi connectivity index (χ4n) is 1.85. The Balaban J connectivity index is 2.29. The summed E-state index contributed by atoms with van der Waals surface area (Å²) in [5.74, 6) is 0.166. The van der Waals surface area contributed by atoms with Gasteiger partial charge in [-0.05, 0) is 38.8 Å². The summed E-state index contributed by atoms with van der Waals surface area (Å²) in [7, 11) is 0. The standard InChI is InChI=1S/C9H16F3NO/c1-7(14)8-2-4-13(5-3-8)6-9(10,11)12/h7-8,14H,2-6H2,1H3. The molecule has 0 spiro atoms. The number of halogens is 3. The molecule has 0 aliphatic carbocycles. The van der Waals surface area contributed by atoms with Crippen molar-refractivity contribution in [2.75, 3.05) is 19.6 Å². The lowest BCUT2D eigenvalue weighted by Crippen LogP contribution is -2.41. The Bertz CT molecular complexity index is 173. The fourth-order valence-corrected chi connectivity index (χ4v) is 1.85. The van der Waals surface area contributed by atoms with Crippen molar-refractivity contribution in [2.24, 2.45) is 5.92 Å². The van der Waals surface area contributed by atoms with E-state index < -0.39 is 18.8 Å². The molecule has 0 amide bonds. The Labute approximate surface area is 81.7 Å². The lowest BCUT2D eigenvalue weighted by atomic mass is 9.92. The van der Waals surface area contributed by atoms with Crippen molar-refractivity contribution in [3.05, 3.63) is 0 Å². The summed E-state index contributed by atoms with van der Waals surface area (Å²) >= 11 is 0. The van der Waals surface area contributed by atoms with Crippen molar-refractivity contribution in [3.63, 3.8) is 0 Å². The Morgan fingerprint density at radius 2 is 1.86 bits per heavy atom. The average molecular weight is 211 g/mol. The first-order valence-electron chi connectivity index (χ1n) is 4.85. The summed E-state index contributed by atoms with van der Waals surface area (Å²) in [5.41, 5.74) is 0. The molecule has 1 unspecified atom stereocenters.